The van der Waals surface area contributed by atoms with Crippen molar-refractivity contribution in [2.24, 2.45) is 0 Å². The number of aryl methyl sites for hydroxylation is 1. The molecule has 2 rings (SSSR count). The lowest BCUT2D eigenvalue weighted by molar-refractivity contribution is -0.290. The molecule has 32 heavy (non-hydrogen) atoms. The van der Waals surface area contributed by atoms with Gasteiger partial charge in [0.15, 0.2) is 6.61 Å². The first kappa shape index (κ1) is 25.6. The van der Waals surface area contributed by atoms with Crippen LogP contribution in [0, 0.1) is 25.1 Å². The number of anilines is 1. The summed E-state index contributed by atoms with van der Waals surface area (Å²) in [6.07, 6.45) is -5.26. The standard InChI is InChI=1S/C18H14F9N3OS/c1-3-4-28-14-7-15(31-8-16(20,21)18(25,26)27)29-30(14)12-6-13(10(2)5-11(12)19)32-9-17(22,23)24/h1,5-7,28H,4,8-9H2,2H3. The van der Waals surface area contributed by atoms with Crippen molar-refractivity contribution in [2.45, 2.75) is 30.1 Å². The van der Waals surface area contributed by atoms with Gasteiger partial charge in [-0.1, -0.05) is 5.92 Å². The van der Waals surface area contributed by atoms with E-state index in [1.807, 2.05) is 0 Å². The Bertz CT molecular complexity index is 993. The van der Waals surface area contributed by atoms with E-state index < -0.39 is 48.0 Å². The molecule has 0 aliphatic carbocycles. The highest BCUT2D eigenvalue weighted by atomic mass is 32.2. The van der Waals surface area contributed by atoms with Crippen LogP contribution in [0.2, 0.25) is 0 Å². The number of halogens is 9. The molecule has 14 heteroatoms. The average Bonchev–Trinajstić information content (AvgIpc) is 3.05. The third-order valence-corrected chi connectivity index (χ3v) is 4.96. The van der Waals surface area contributed by atoms with Crippen LogP contribution >= 0.6 is 11.8 Å². The highest BCUT2D eigenvalue weighted by Gasteiger charge is 2.58. The molecule has 0 spiro atoms. The van der Waals surface area contributed by atoms with Crippen molar-refractivity contribution in [2.75, 3.05) is 24.2 Å². The molecule has 0 saturated heterocycles. The third-order valence-electron chi connectivity index (χ3n) is 3.74. The fourth-order valence-electron chi connectivity index (χ4n) is 2.25. The van der Waals surface area contributed by atoms with Gasteiger partial charge in [0.2, 0.25) is 5.88 Å². The molecular weight excluding hydrogens is 477 g/mol. The zero-order valence-corrected chi connectivity index (χ0v) is 16.9. The third kappa shape index (κ3) is 6.41. The van der Waals surface area contributed by atoms with E-state index in [1.165, 1.54) is 6.92 Å². The van der Waals surface area contributed by atoms with Gasteiger partial charge in [0.1, 0.15) is 17.3 Å². The maximum atomic E-state index is 14.6. The number of ether oxygens (including phenoxy) is 1. The second-order valence-electron chi connectivity index (χ2n) is 6.30. The highest BCUT2D eigenvalue weighted by Crippen LogP contribution is 2.36. The molecule has 176 valence electrons. The largest absolute Gasteiger partial charge is 0.470 e. The van der Waals surface area contributed by atoms with Gasteiger partial charge in [-0.25, -0.2) is 9.07 Å². The van der Waals surface area contributed by atoms with Crippen LogP contribution in [0.1, 0.15) is 5.56 Å². The van der Waals surface area contributed by atoms with E-state index in [4.69, 9.17) is 6.42 Å². The van der Waals surface area contributed by atoms with E-state index in [0.717, 1.165) is 22.9 Å². The summed E-state index contributed by atoms with van der Waals surface area (Å²) in [4.78, 5) is 0.0446. The molecule has 1 heterocycles. The minimum atomic E-state index is -5.87. The second kappa shape index (κ2) is 9.43. The van der Waals surface area contributed by atoms with Gasteiger partial charge in [-0.2, -0.15) is 35.1 Å². The number of benzene rings is 1. The van der Waals surface area contributed by atoms with E-state index >= 15 is 0 Å². The molecule has 0 saturated carbocycles. The smallest absolute Gasteiger partial charge is 0.456 e. The van der Waals surface area contributed by atoms with Crippen molar-refractivity contribution in [3.05, 3.63) is 29.6 Å². The Balaban J connectivity index is 2.42. The molecule has 1 N–H and O–H groups in total. The first-order valence-electron chi connectivity index (χ1n) is 8.49. The summed E-state index contributed by atoms with van der Waals surface area (Å²) in [5.74, 6) is -6.10. The molecule has 4 nitrogen and oxygen atoms in total. The minimum Gasteiger partial charge on any atom is -0.470 e. The Hall–Kier alpha value is -2.69. The molecule has 0 amide bonds. The Labute approximate surface area is 180 Å². The van der Waals surface area contributed by atoms with Crippen molar-refractivity contribution < 1.29 is 44.3 Å². The first-order chi connectivity index (χ1) is 14.6. The molecule has 0 radical (unpaired) electrons. The second-order valence-corrected chi connectivity index (χ2v) is 7.32. The summed E-state index contributed by atoms with van der Waals surface area (Å²) in [5.41, 5.74) is -0.218. The number of alkyl halides is 8. The van der Waals surface area contributed by atoms with Crippen molar-refractivity contribution in [1.82, 2.24) is 9.78 Å². The number of nitrogens with zero attached hydrogens (tertiary/aromatic N) is 2. The summed E-state index contributed by atoms with van der Waals surface area (Å²) >= 11 is 0.377. The fourth-order valence-corrected chi connectivity index (χ4v) is 3.05. The average molecular weight is 491 g/mol. The van der Waals surface area contributed by atoms with Crippen LogP contribution < -0.4 is 10.1 Å². The summed E-state index contributed by atoms with van der Waals surface area (Å²) in [6, 6.07) is 2.86. The van der Waals surface area contributed by atoms with Crippen molar-refractivity contribution >= 4 is 17.6 Å². The van der Waals surface area contributed by atoms with Gasteiger partial charge in [0.25, 0.3) is 0 Å². The molecule has 1 aromatic carbocycles. The number of rotatable bonds is 8. The lowest BCUT2D eigenvalue weighted by atomic mass is 10.2. The van der Waals surface area contributed by atoms with Gasteiger partial charge in [-0.05, 0) is 24.6 Å². The highest BCUT2D eigenvalue weighted by molar-refractivity contribution is 7.99. The number of terminal acetylenes is 1. The van der Waals surface area contributed by atoms with Crippen LogP contribution in [0.15, 0.2) is 23.1 Å². The lowest BCUT2D eigenvalue weighted by Gasteiger charge is -2.18. The summed E-state index contributed by atoms with van der Waals surface area (Å²) in [6.45, 7) is -0.891. The van der Waals surface area contributed by atoms with Crippen molar-refractivity contribution in [1.29, 1.82) is 0 Å². The maximum Gasteiger partial charge on any atom is 0.456 e. The van der Waals surface area contributed by atoms with Gasteiger partial charge in [-0.15, -0.1) is 23.3 Å². The number of aromatic nitrogens is 2. The van der Waals surface area contributed by atoms with Crippen LogP contribution in [0.3, 0.4) is 0 Å². The SMILES string of the molecule is C#CCNc1cc(OCC(F)(F)C(F)(F)F)nn1-c1cc(SCC(F)(F)F)c(C)cc1F. The number of thioether (sulfide) groups is 1. The Morgan fingerprint density at radius 1 is 1.12 bits per heavy atom. The molecular formula is C18H14F9N3OS. The van der Waals surface area contributed by atoms with Crippen LogP contribution in [0.5, 0.6) is 5.88 Å². The zero-order valence-electron chi connectivity index (χ0n) is 16.0. The van der Waals surface area contributed by atoms with Crippen LogP contribution in [0.4, 0.5) is 45.3 Å². The van der Waals surface area contributed by atoms with Crippen LogP contribution in [0.25, 0.3) is 5.69 Å². The predicted molar refractivity (Wildman–Crippen MR) is 98.9 cm³/mol. The normalized spacial score (nSPS) is 12.5. The van der Waals surface area contributed by atoms with Crippen LogP contribution in [-0.2, 0) is 0 Å². The van der Waals surface area contributed by atoms with Gasteiger partial charge in [0, 0.05) is 11.0 Å². The van der Waals surface area contributed by atoms with Gasteiger partial charge in [0.05, 0.1) is 12.3 Å². The topological polar surface area (TPSA) is 39.1 Å². The minimum absolute atomic E-state index is 0.0446. The molecule has 0 aliphatic rings. The molecule has 2 aromatic rings. The maximum absolute atomic E-state index is 14.6. The Kier molecular flexibility index (Phi) is 7.54. The molecule has 0 bridgehead atoms. The first-order valence-corrected chi connectivity index (χ1v) is 9.48. The van der Waals surface area contributed by atoms with Gasteiger partial charge >= 0.3 is 18.3 Å². The monoisotopic (exact) mass is 491 g/mol. The van der Waals surface area contributed by atoms with E-state index in [0.29, 0.717) is 11.8 Å². The van der Waals surface area contributed by atoms with Crippen LogP contribution in [-0.4, -0.2) is 47.0 Å². The summed E-state index contributed by atoms with van der Waals surface area (Å²) < 4.78 is 121. The summed E-state index contributed by atoms with van der Waals surface area (Å²) in [7, 11) is 0. The fraction of sp³-hybridized carbons (Fsp3) is 0.389. The van der Waals surface area contributed by atoms with E-state index in [-0.39, 0.29) is 22.8 Å². The number of nitrogens with one attached hydrogen (secondary N) is 1. The Morgan fingerprint density at radius 3 is 2.34 bits per heavy atom. The van der Waals surface area contributed by atoms with Gasteiger partial charge in [-0.3, -0.25) is 0 Å². The molecule has 0 aliphatic heterocycles. The number of hydrogen-bond acceptors (Lipinski definition) is 4. The predicted octanol–water partition coefficient (Wildman–Crippen LogP) is 5.60. The molecule has 0 unspecified atom stereocenters. The van der Waals surface area contributed by atoms with E-state index in [2.05, 4.69) is 21.1 Å². The van der Waals surface area contributed by atoms with Gasteiger partial charge < -0.3 is 10.1 Å². The van der Waals surface area contributed by atoms with E-state index in [1.54, 1.807) is 0 Å². The molecule has 0 atom stereocenters. The van der Waals surface area contributed by atoms with E-state index in [9.17, 15) is 39.5 Å². The lowest BCUT2D eigenvalue weighted by Crippen LogP contribution is -2.41. The van der Waals surface area contributed by atoms with Crippen molar-refractivity contribution in [3.8, 4) is 23.9 Å². The zero-order chi connectivity index (χ0) is 24.3. The van der Waals surface area contributed by atoms with Crippen molar-refractivity contribution in [3.63, 3.8) is 0 Å². The summed E-state index contributed by atoms with van der Waals surface area (Å²) in [5, 5.41) is 6.20. The quantitative estimate of drug-likeness (QED) is 0.297. The molecule has 0 fully saturated rings. The molecule has 1 aromatic heterocycles. The Morgan fingerprint density at radius 2 is 1.78 bits per heavy atom. The number of hydrogen-bond donors (Lipinski definition) is 1.